The largest absolute Gasteiger partial charge is 0.339 e. The van der Waals surface area contributed by atoms with E-state index in [1.165, 1.54) is 0 Å². The SMILES string of the molecule is CCC(C(=O)N(C)Cc1cnn(C)c1C)n1cc(Cl)cn1. The summed E-state index contributed by atoms with van der Waals surface area (Å²) in [5.74, 6) is 0.0144. The molecule has 0 aromatic carbocycles. The van der Waals surface area contributed by atoms with Crippen molar-refractivity contribution in [2.24, 2.45) is 7.05 Å². The zero-order valence-corrected chi connectivity index (χ0v) is 13.5. The Morgan fingerprint density at radius 2 is 2.14 bits per heavy atom. The van der Waals surface area contributed by atoms with E-state index in [0.717, 1.165) is 11.3 Å². The van der Waals surface area contributed by atoms with E-state index < -0.39 is 0 Å². The molecule has 0 saturated carbocycles. The van der Waals surface area contributed by atoms with Gasteiger partial charge < -0.3 is 4.90 Å². The van der Waals surface area contributed by atoms with Crippen molar-refractivity contribution in [3.8, 4) is 0 Å². The first-order valence-corrected chi connectivity index (χ1v) is 7.24. The first-order valence-electron chi connectivity index (χ1n) is 6.86. The van der Waals surface area contributed by atoms with Crippen LogP contribution in [0.15, 0.2) is 18.6 Å². The van der Waals surface area contributed by atoms with Gasteiger partial charge in [0.15, 0.2) is 0 Å². The van der Waals surface area contributed by atoms with Crippen molar-refractivity contribution in [3.63, 3.8) is 0 Å². The second kappa shape index (κ2) is 6.30. The molecule has 0 radical (unpaired) electrons. The van der Waals surface area contributed by atoms with Crippen molar-refractivity contribution in [3.05, 3.63) is 34.9 Å². The number of aromatic nitrogens is 4. The van der Waals surface area contributed by atoms with Crippen LogP contribution in [0.5, 0.6) is 0 Å². The number of aryl methyl sites for hydroxylation is 1. The lowest BCUT2D eigenvalue weighted by molar-refractivity contribution is -0.134. The molecule has 0 spiro atoms. The molecule has 6 nitrogen and oxygen atoms in total. The van der Waals surface area contributed by atoms with Gasteiger partial charge in [0, 0.05) is 38.1 Å². The Balaban J connectivity index is 2.12. The molecule has 114 valence electrons. The van der Waals surface area contributed by atoms with E-state index in [1.807, 2.05) is 20.9 Å². The number of hydrogen-bond donors (Lipinski definition) is 0. The molecule has 1 amide bonds. The van der Waals surface area contributed by atoms with Gasteiger partial charge in [0.2, 0.25) is 5.91 Å². The number of nitrogens with zero attached hydrogens (tertiary/aromatic N) is 5. The Kier molecular flexibility index (Phi) is 4.67. The third kappa shape index (κ3) is 3.26. The summed E-state index contributed by atoms with van der Waals surface area (Å²) in [4.78, 5) is 14.3. The van der Waals surface area contributed by atoms with Crippen molar-refractivity contribution in [1.82, 2.24) is 24.5 Å². The van der Waals surface area contributed by atoms with Crippen LogP contribution >= 0.6 is 11.6 Å². The maximum Gasteiger partial charge on any atom is 0.247 e. The normalized spacial score (nSPS) is 12.4. The highest BCUT2D eigenvalue weighted by molar-refractivity contribution is 6.30. The standard InChI is InChI=1S/C14H20ClN5O/c1-5-13(20-9-12(15)7-17-20)14(21)18(3)8-11-6-16-19(4)10(11)2/h6-7,9,13H,5,8H2,1-4H3. The fourth-order valence-electron chi connectivity index (χ4n) is 2.25. The lowest BCUT2D eigenvalue weighted by atomic mass is 10.2. The first-order chi connectivity index (χ1) is 9.93. The molecule has 0 fully saturated rings. The Labute approximate surface area is 129 Å². The lowest BCUT2D eigenvalue weighted by Gasteiger charge is -2.23. The zero-order chi connectivity index (χ0) is 15.6. The van der Waals surface area contributed by atoms with Crippen LogP contribution in [0.3, 0.4) is 0 Å². The highest BCUT2D eigenvalue weighted by atomic mass is 35.5. The molecule has 0 aliphatic carbocycles. The Bertz CT molecular complexity index is 633. The third-order valence-corrected chi connectivity index (χ3v) is 3.88. The molecule has 21 heavy (non-hydrogen) atoms. The number of carbonyl (C=O) groups is 1. The van der Waals surface area contributed by atoms with Gasteiger partial charge in [0.1, 0.15) is 6.04 Å². The molecule has 1 atom stereocenters. The monoisotopic (exact) mass is 309 g/mol. The van der Waals surface area contributed by atoms with Crippen molar-refractivity contribution in [2.45, 2.75) is 32.9 Å². The Morgan fingerprint density at radius 3 is 2.62 bits per heavy atom. The van der Waals surface area contributed by atoms with E-state index in [9.17, 15) is 4.79 Å². The average molecular weight is 310 g/mol. The molecule has 1 unspecified atom stereocenters. The minimum absolute atomic E-state index is 0.0144. The highest BCUT2D eigenvalue weighted by Gasteiger charge is 2.23. The summed E-state index contributed by atoms with van der Waals surface area (Å²) in [6.45, 7) is 4.48. The summed E-state index contributed by atoms with van der Waals surface area (Å²) in [7, 11) is 3.68. The number of rotatable bonds is 5. The molecule has 0 N–H and O–H groups in total. The van der Waals surface area contributed by atoms with Gasteiger partial charge in [0.05, 0.1) is 17.4 Å². The maximum atomic E-state index is 12.6. The number of hydrogen-bond acceptors (Lipinski definition) is 3. The Hall–Kier alpha value is -1.82. The van der Waals surface area contributed by atoms with Gasteiger partial charge in [-0.15, -0.1) is 0 Å². The van der Waals surface area contributed by atoms with Gasteiger partial charge in [0.25, 0.3) is 0 Å². The highest BCUT2D eigenvalue weighted by Crippen LogP contribution is 2.18. The van der Waals surface area contributed by atoms with E-state index in [-0.39, 0.29) is 11.9 Å². The van der Waals surface area contributed by atoms with Crippen LogP contribution in [0.25, 0.3) is 0 Å². The second-order valence-corrected chi connectivity index (χ2v) is 5.57. The summed E-state index contributed by atoms with van der Waals surface area (Å²) >= 11 is 5.88. The third-order valence-electron chi connectivity index (χ3n) is 3.68. The molecule has 0 aliphatic rings. The predicted octanol–water partition coefficient (Wildman–Crippen LogP) is 2.19. The molecule has 0 saturated heterocycles. The Morgan fingerprint density at radius 1 is 1.43 bits per heavy atom. The van der Waals surface area contributed by atoms with Gasteiger partial charge in [-0.3, -0.25) is 14.2 Å². The van der Waals surface area contributed by atoms with Crippen LogP contribution in [0, 0.1) is 6.92 Å². The summed E-state index contributed by atoms with van der Waals surface area (Å²) in [5.41, 5.74) is 2.10. The van der Waals surface area contributed by atoms with E-state index in [1.54, 1.807) is 39.9 Å². The number of amides is 1. The van der Waals surface area contributed by atoms with Gasteiger partial charge in [-0.25, -0.2) is 0 Å². The van der Waals surface area contributed by atoms with Crippen molar-refractivity contribution >= 4 is 17.5 Å². The van der Waals surface area contributed by atoms with Crippen LogP contribution in [0.1, 0.15) is 30.6 Å². The van der Waals surface area contributed by atoms with E-state index in [0.29, 0.717) is 18.0 Å². The zero-order valence-electron chi connectivity index (χ0n) is 12.7. The summed E-state index contributed by atoms with van der Waals surface area (Å²) in [6.07, 6.45) is 5.68. The fraction of sp³-hybridized carbons (Fsp3) is 0.500. The van der Waals surface area contributed by atoms with E-state index >= 15 is 0 Å². The van der Waals surface area contributed by atoms with Gasteiger partial charge in [-0.05, 0) is 13.3 Å². The molecular weight excluding hydrogens is 290 g/mol. The van der Waals surface area contributed by atoms with Crippen LogP contribution in [0.4, 0.5) is 0 Å². The van der Waals surface area contributed by atoms with Crippen molar-refractivity contribution in [2.75, 3.05) is 7.05 Å². The molecule has 2 aromatic heterocycles. The van der Waals surface area contributed by atoms with Gasteiger partial charge >= 0.3 is 0 Å². The minimum Gasteiger partial charge on any atom is -0.339 e. The van der Waals surface area contributed by atoms with Gasteiger partial charge in [-0.2, -0.15) is 10.2 Å². The summed E-state index contributed by atoms with van der Waals surface area (Å²) in [6, 6.07) is -0.334. The number of halogens is 1. The lowest BCUT2D eigenvalue weighted by Crippen LogP contribution is -2.34. The number of carbonyl (C=O) groups excluding carboxylic acids is 1. The molecule has 0 aliphatic heterocycles. The van der Waals surface area contributed by atoms with Crippen molar-refractivity contribution < 1.29 is 4.79 Å². The first kappa shape index (κ1) is 15.6. The van der Waals surface area contributed by atoms with Crippen LogP contribution < -0.4 is 0 Å². The summed E-state index contributed by atoms with van der Waals surface area (Å²) in [5, 5.41) is 8.87. The molecule has 0 bridgehead atoms. The maximum absolute atomic E-state index is 12.6. The minimum atomic E-state index is -0.334. The average Bonchev–Trinajstić information content (AvgIpc) is 3.00. The van der Waals surface area contributed by atoms with E-state index in [2.05, 4.69) is 10.2 Å². The van der Waals surface area contributed by atoms with Crippen LogP contribution in [-0.4, -0.2) is 37.4 Å². The summed E-state index contributed by atoms with van der Waals surface area (Å²) < 4.78 is 3.43. The van der Waals surface area contributed by atoms with E-state index in [4.69, 9.17) is 11.6 Å². The molecular formula is C14H20ClN5O. The van der Waals surface area contributed by atoms with Gasteiger partial charge in [-0.1, -0.05) is 18.5 Å². The topological polar surface area (TPSA) is 56.0 Å². The quantitative estimate of drug-likeness (QED) is 0.850. The molecule has 7 heteroatoms. The van der Waals surface area contributed by atoms with Crippen LogP contribution in [-0.2, 0) is 18.4 Å². The smallest absolute Gasteiger partial charge is 0.247 e. The predicted molar refractivity (Wildman–Crippen MR) is 81.0 cm³/mol. The molecule has 2 rings (SSSR count). The fourth-order valence-corrected chi connectivity index (χ4v) is 2.39. The number of likely N-dealkylation sites (N-methyl/N-ethyl adjacent to an activating group) is 1. The van der Waals surface area contributed by atoms with Crippen LogP contribution in [0.2, 0.25) is 5.02 Å². The molecule has 2 aromatic rings. The van der Waals surface area contributed by atoms with Crippen molar-refractivity contribution in [1.29, 1.82) is 0 Å². The second-order valence-electron chi connectivity index (χ2n) is 5.14. The molecule has 2 heterocycles.